The first-order valence-electron chi connectivity index (χ1n) is 7.51. The largest absolute Gasteiger partial charge is 0.468 e. The Morgan fingerprint density at radius 1 is 1.12 bits per heavy atom. The molecule has 0 aliphatic heterocycles. The van der Waals surface area contributed by atoms with Gasteiger partial charge in [-0.15, -0.1) is 22.7 Å². The molecule has 0 bridgehead atoms. The lowest BCUT2D eigenvalue weighted by atomic mass is 10.3. The van der Waals surface area contributed by atoms with Crippen LogP contribution in [-0.4, -0.2) is 14.3 Å². The zero-order chi connectivity index (χ0) is 16.4. The minimum absolute atomic E-state index is 0.0367. The maximum atomic E-state index is 12.2. The van der Waals surface area contributed by atoms with Crippen molar-refractivity contribution in [3.63, 3.8) is 0 Å². The van der Waals surface area contributed by atoms with E-state index in [0.717, 1.165) is 23.0 Å². The Labute approximate surface area is 146 Å². The first-order chi connectivity index (χ1) is 11.8. The molecular weight excluding hydrogens is 342 g/mol. The van der Waals surface area contributed by atoms with Gasteiger partial charge in [0.25, 0.3) is 5.56 Å². The van der Waals surface area contributed by atoms with Crippen LogP contribution in [-0.2, 0) is 19.6 Å². The quantitative estimate of drug-likeness (QED) is 0.529. The molecule has 7 heteroatoms. The van der Waals surface area contributed by atoms with Crippen LogP contribution in [0.4, 0.5) is 0 Å². The molecule has 0 atom stereocenters. The van der Waals surface area contributed by atoms with E-state index in [1.807, 2.05) is 23.6 Å². The molecule has 0 spiro atoms. The van der Waals surface area contributed by atoms with Gasteiger partial charge in [0.05, 0.1) is 18.5 Å². The number of aromatic nitrogens is 2. The number of hydrogen-bond donors (Lipinski definition) is 0. The number of hydrogen-bond acceptors (Lipinski definition) is 6. The van der Waals surface area contributed by atoms with E-state index in [1.165, 1.54) is 16.2 Å². The molecule has 4 aromatic rings. The van der Waals surface area contributed by atoms with Crippen molar-refractivity contribution in [2.45, 2.75) is 19.6 Å². The van der Waals surface area contributed by atoms with Crippen molar-refractivity contribution in [2.24, 2.45) is 0 Å². The average Bonchev–Trinajstić information content (AvgIpc) is 3.28. The Bertz CT molecular complexity index is 935. The fourth-order valence-electron chi connectivity index (χ4n) is 2.61. The van der Waals surface area contributed by atoms with E-state index in [9.17, 15) is 4.79 Å². The number of thiazole rings is 1. The Hall–Kier alpha value is -2.22. The van der Waals surface area contributed by atoms with E-state index < -0.39 is 0 Å². The van der Waals surface area contributed by atoms with Crippen molar-refractivity contribution in [1.29, 1.82) is 0 Å². The standard InChI is InChI=1S/C17H15N3O2S2/c21-16-9-13(18-17-20(16)5-8-24-17)10-19(11-14-3-1-6-22-14)12-15-4-2-7-23-15/h1-9H,10-12H2. The van der Waals surface area contributed by atoms with Gasteiger partial charge < -0.3 is 4.42 Å². The van der Waals surface area contributed by atoms with Crippen LogP contribution in [0.5, 0.6) is 0 Å². The topological polar surface area (TPSA) is 50.8 Å². The maximum absolute atomic E-state index is 12.2. The molecule has 0 fully saturated rings. The van der Waals surface area contributed by atoms with Crippen molar-refractivity contribution < 1.29 is 4.42 Å². The Morgan fingerprint density at radius 3 is 2.88 bits per heavy atom. The summed E-state index contributed by atoms with van der Waals surface area (Å²) in [4.78, 5) is 21.0. The molecule has 5 nitrogen and oxygen atoms in total. The molecule has 122 valence electrons. The zero-order valence-corrected chi connectivity index (χ0v) is 14.4. The molecule has 0 saturated heterocycles. The van der Waals surface area contributed by atoms with Gasteiger partial charge in [-0.3, -0.25) is 14.1 Å². The average molecular weight is 357 g/mol. The van der Waals surface area contributed by atoms with Crippen LogP contribution in [0.2, 0.25) is 0 Å². The van der Waals surface area contributed by atoms with Gasteiger partial charge in [0, 0.05) is 35.6 Å². The fourth-order valence-corrected chi connectivity index (χ4v) is 4.10. The van der Waals surface area contributed by atoms with Crippen LogP contribution in [0.15, 0.2) is 62.8 Å². The van der Waals surface area contributed by atoms with E-state index in [1.54, 1.807) is 34.3 Å². The summed E-state index contributed by atoms with van der Waals surface area (Å²) >= 11 is 3.20. The number of rotatable bonds is 6. The molecule has 0 amide bonds. The highest BCUT2D eigenvalue weighted by Crippen LogP contribution is 2.17. The minimum Gasteiger partial charge on any atom is -0.468 e. The second-order valence-corrected chi connectivity index (χ2v) is 7.35. The summed E-state index contributed by atoms with van der Waals surface area (Å²) < 4.78 is 7.05. The molecule has 0 radical (unpaired) electrons. The summed E-state index contributed by atoms with van der Waals surface area (Å²) in [6, 6.07) is 9.63. The summed E-state index contributed by atoms with van der Waals surface area (Å²) in [5.41, 5.74) is 0.746. The van der Waals surface area contributed by atoms with Crippen LogP contribution >= 0.6 is 22.7 Å². The van der Waals surface area contributed by atoms with Crippen molar-refractivity contribution in [3.05, 3.63) is 80.2 Å². The van der Waals surface area contributed by atoms with Crippen molar-refractivity contribution in [1.82, 2.24) is 14.3 Å². The van der Waals surface area contributed by atoms with Crippen molar-refractivity contribution in [2.75, 3.05) is 0 Å². The van der Waals surface area contributed by atoms with E-state index in [4.69, 9.17) is 4.42 Å². The third-order valence-electron chi connectivity index (χ3n) is 3.66. The summed E-state index contributed by atoms with van der Waals surface area (Å²) in [5, 5.41) is 3.95. The number of nitrogens with zero attached hydrogens (tertiary/aromatic N) is 3. The van der Waals surface area contributed by atoms with Gasteiger partial charge in [0.15, 0.2) is 4.96 Å². The molecule has 0 aromatic carbocycles. The lowest BCUT2D eigenvalue weighted by Crippen LogP contribution is -2.24. The van der Waals surface area contributed by atoms with Gasteiger partial charge in [-0.25, -0.2) is 4.98 Å². The van der Waals surface area contributed by atoms with E-state index in [-0.39, 0.29) is 5.56 Å². The first kappa shape index (κ1) is 15.3. The maximum Gasteiger partial charge on any atom is 0.258 e. The van der Waals surface area contributed by atoms with Crippen LogP contribution < -0.4 is 5.56 Å². The fraction of sp³-hybridized carbons (Fsp3) is 0.176. The molecule has 0 aliphatic rings. The smallest absolute Gasteiger partial charge is 0.258 e. The molecule has 4 heterocycles. The molecule has 0 N–H and O–H groups in total. The Balaban J connectivity index is 1.60. The normalized spacial score (nSPS) is 11.5. The Morgan fingerprint density at radius 2 is 2.08 bits per heavy atom. The van der Waals surface area contributed by atoms with E-state index in [0.29, 0.717) is 13.1 Å². The summed E-state index contributed by atoms with van der Waals surface area (Å²) in [6.07, 6.45) is 3.44. The highest BCUT2D eigenvalue weighted by Gasteiger charge is 2.13. The third-order valence-corrected chi connectivity index (χ3v) is 5.28. The van der Waals surface area contributed by atoms with Crippen LogP contribution in [0.3, 0.4) is 0 Å². The summed E-state index contributed by atoms with van der Waals surface area (Å²) in [6.45, 7) is 2.07. The van der Waals surface area contributed by atoms with Gasteiger partial charge in [0.1, 0.15) is 5.76 Å². The predicted octanol–water partition coefficient (Wildman–Crippen LogP) is 3.61. The van der Waals surface area contributed by atoms with Gasteiger partial charge in [-0.05, 0) is 23.6 Å². The summed E-state index contributed by atoms with van der Waals surface area (Å²) in [5.74, 6) is 0.903. The van der Waals surface area contributed by atoms with Crippen LogP contribution in [0.1, 0.15) is 16.3 Å². The molecule has 0 unspecified atom stereocenters. The molecule has 4 rings (SSSR count). The van der Waals surface area contributed by atoms with Crippen LogP contribution in [0.25, 0.3) is 4.96 Å². The number of fused-ring (bicyclic) bond motifs is 1. The lowest BCUT2D eigenvalue weighted by molar-refractivity contribution is 0.226. The van der Waals surface area contributed by atoms with E-state index >= 15 is 0 Å². The SMILES string of the molecule is O=c1cc(CN(Cc2ccco2)Cc2cccs2)nc2sccn12. The molecule has 0 aliphatic carbocycles. The molecule has 24 heavy (non-hydrogen) atoms. The minimum atomic E-state index is -0.0367. The summed E-state index contributed by atoms with van der Waals surface area (Å²) in [7, 11) is 0. The number of furan rings is 1. The van der Waals surface area contributed by atoms with Crippen molar-refractivity contribution >= 4 is 27.6 Å². The van der Waals surface area contributed by atoms with Gasteiger partial charge in [0.2, 0.25) is 0 Å². The monoisotopic (exact) mass is 357 g/mol. The highest BCUT2D eigenvalue weighted by atomic mass is 32.1. The van der Waals surface area contributed by atoms with Gasteiger partial charge >= 0.3 is 0 Å². The van der Waals surface area contributed by atoms with Gasteiger partial charge in [-0.2, -0.15) is 0 Å². The van der Waals surface area contributed by atoms with Crippen molar-refractivity contribution in [3.8, 4) is 0 Å². The second kappa shape index (κ2) is 6.72. The van der Waals surface area contributed by atoms with Crippen LogP contribution in [0, 0.1) is 0 Å². The third kappa shape index (κ3) is 3.33. The van der Waals surface area contributed by atoms with Gasteiger partial charge in [-0.1, -0.05) is 6.07 Å². The lowest BCUT2D eigenvalue weighted by Gasteiger charge is -2.20. The molecule has 0 saturated carbocycles. The Kier molecular flexibility index (Phi) is 4.29. The number of thiophene rings is 1. The highest BCUT2D eigenvalue weighted by molar-refractivity contribution is 7.15. The molecular formula is C17H15N3O2S2. The molecule has 4 aromatic heterocycles. The zero-order valence-electron chi connectivity index (χ0n) is 12.8. The second-order valence-electron chi connectivity index (χ2n) is 5.45. The first-order valence-corrected chi connectivity index (χ1v) is 9.27. The van der Waals surface area contributed by atoms with E-state index in [2.05, 4.69) is 21.3 Å². The predicted molar refractivity (Wildman–Crippen MR) is 95.3 cm³/mol.